The fraction of sp³-hybridized carbons (Fsp3) is 0.250. The van der Waals surface area contributed by atoms with E-state index in [1.165, 1.54) is 0 Å². The van der Waals surface area contributed by atoms with E-state index in [-0.39, 0.29) is 0 Å². The van der Waals surface area contributed by atoms with Gasteiger partial charge in [-0.25, -0.2) is 0 Å². The van der Waals surface area contributed by atoms with Crippen LogP contribution in [-0.4, -0.2) is 26.4 Å². The van der Waals surface area contributed by atoms with Gasteiger partial charge in [0.15, 0.2) is 0 Å². The van der Waals surface area contributed by atoms with Crippen LogP contribution in [0.3, 0.4) is 0 Å². The SMILES string of the molecule is C1COCCO1.c1ccc(Nc2ccccc2)cc1. The second kappa shape index (κ2) is 8.29. The second-order valence-electron chi connectivity index (χ2n) is 4.08. The molecular formula is C16H19NO2. The van der Waals surface area contributed by atoms with E-state index >= 15 is 0 Å². The van der Waals surface area contributed by atoms with Gasteiger partial charge in [-0.3, -0.25) is 0 Å². The molecule has 0 radical (unpaired) electrons. The van der Waals surface area contributed by atoms with Gasteiger partial charge in [-0.2, -0.15) is 0 Å². The lowest BCUT2D eigenvalue weighted by Crippen LogP contribution is -2.16. The highest BCUT2D eigenvalue weighted by atomic mass is 16.6. The minimum atomic E-state index is 0.778. The van der Waals surface area contributed by atoms with Crippen molar-refractivity contribution in [1.82, 2.24) is 0 Å². The van der Waals surface area contributed by atoms with Gasteiger partial charge in [-0.15, -0.1) is 0 Å². The Morgan fingerprint density at radius 1 is 0.579 bits per heavy atom. The fourth-order valence-corrected chi connectivity index (χ4v) is 1.65. The summed E-state index contributed by atoms with van der Waals surface area (Å²) in [5, 5.41) is 3.30. The number of anilines is 2. The van der Waals surface area contributed by atoms with Crippen LogP contribution in [0.25, 0.3) is 0 Å². The smallest absolute Gasteiger partial charge is 0.0701 e. The van der Waals surface area contributed by atoms with Gasteiger partial charge in [0.05, 0.1) is 26.4 Å². The second-order valence-corrected chi connectivity index (χ2v) is 4.08. The fourth-order valence-electron chi connectivity index (χ4n) is 1.65. The summed E-state index contributed by atoms with van der Waals surface area (Å²) >= 11 is 0. The van der Waals surface area contributed by atoms with Crippen LogP contribution in [0.2, 0.25) is 0 Å². The van der Waals surface area contributed by atoms with Crippen LogP contribution in [0.5, 0.6) is 0 Å². The Bertz CT molecular complexity index is 392. The number of hydrogen-bond acceptors (Lipinski definition) is 3. The predicted molar refractivity (Wildman–Crippen MR) is 77.8 cm³/mol. The van der Waals surface area contributed by atoms with Crippen molar-refractivity contribution in [3.63, 3.8) is 0 Å². The largest absolute Gasteiger partial charge is 0.377 e. The van der Waals surface area contributed by atoms with E-state index in [0.717, 1.165) is 37.8 Å². The van der Waals surface area contributed by atoms with Gasteiger partial charge in [0.25, 0.3) is 0 Å². The summed E-state index contributed by atoms with van der Waals surface area (Å²) in [7, 11) is 0. The average molecular weight is 257 g/mol. The van der Waals surface area contributed by atoms with Gasteiger partial charge in [-0.05, 0) is 24.3 Å². The minimum Gasteiger partial charge on any atom is -0.377 e. The lowest BCUT2D eigenvalue weighted by atomic mass is 10.3. The van der Waals surface area contributed by atoms with E-state index in [1.54, 1.807) is 0 Å². The van der Waals surface area contributed by atoms with Crippen molar-refractivity contribution in [3.05, 3.63) is 60.7 Å². The molecule has 3 nitrogen and oxygen atoms in total. The molecule has 2 aromatic rings. The molecule has 0 bridgehead atoms. The molecular weight excluding hydrogens is 238 g/mol. The number of rotatable bonds is 2. The maximum Gasteiger partial charge on any atom is 0.0701 e. The van der Waals surface area contributed by atoms with Gasteiger partial charge < -0.3 is 14.8 Å². The molecule has 1 aliphatic rings. The van der Waals surface area contributed by atoms with E-state index in [0.29, 0.717) is 0 Å². The van der Waals surface area contributed by atoms with E-state index in [2.05, 4.69) is 5.32 Å². The Labute approximate surface area is 114 Å². The molecule has 0 aliphatic carbocycles. The molecule has 0 unspecified atom stereocenters. The molecule has 2 aromatic carbocycles. The average Bonchev–Trinajstić information content (AvgIpc) is 2.52. The van der Waals surface area contributed by atoms with Gasteiger partial charge in [-0.1, -0.05) is 36.4 Å². The molecule has 0 spiro atoms. The molecule has 1 saturated heterocycles. The molecule has 1 aliphatic heterocycles. The maximum atomic E-state index is 4.94. The van der Waals surface area contributed by atoms with Crippen LogP contribution in [-0.2, 0) is 9.47 Å². The molecule has 3 heteroatoms. The Morgan fingerprint density at radius 2 is 0.947 bits per heavy atom. The highest BCUT2D eigenvalue weighted by molar-refractivity contribution is 5.58. The Hall–Kier alpha value is -1.84. The number of para-hydroxylation sites is 2. The molecule has 0 aromatic heterocycles. The van der Waals surface area contributed by atoms with Crippen molar-refractivity contribution in [3.8, 4) is 0 Å². The first-order valence-electron chi connectivity index (χ1n) is 6.48. The Morgan fingerprint density at radius 3 is 1.26 bits per heavy atom. The van der Waals surface area contributed by atoms with E-state index in [4.69, 9.17) is 9.47 Å². The van der Waals surface area contributed by atoms with Crippen LogP contribution in [0.1, 0.15) is 0 Å². The van der Waals surface area contributed by atoms with Crippen molar-refractivity contribution in [1.29, 1.82) is 0 Å². The summed E-state index contributed by atoms with van der Waals surface area (Å²) in [5.41, 5.74) is 2.24. The lowest BCUT2D eigenvalue weighted by molar-refractivity contribution is -0.0334. The summed E-state index contributed by atoms with van der Waals surface area (Å²) in [4.78, 5) is 0. The zero-order valence-corrected chi connectivity index (χ0v) is 10.9. The van der Waals surface area contributed by atoms with Crippen molar-refractivity contribution >= 4 is 11.4 Å². The normalized spacial score (nSPS) is 14.1. The maximum absolute atomic E-state index is 4.94. The summed E-state index contributed by atoms with van der Waals surface area (Å²) in [5.74, 6) is 0. The van der Waals surface area contributed by atoms with Crippen LogP contribution in [0, 0.1) is 0 Å². The summed E-state index contributed by atoms with van der Waals surface area (Å²) in [6, 6.07) is 20.3. The van der Waals surface area contributed by atoms with Crippen molar-refractivity contribution in [2.45, 2.75) is 0 Å². The summed E-state index contributed by atoms with van der Waals surface area (Å²) < 4.78 is 9.89. The standard InChI is InChI=1S/C12H11N.C4H8O2/c1-3-7-11(8-4-1)13-12-9-5-2-6-10-12;1-2-6-4-3-5-1/h1-10,13H;1-4H2. The minimum absolute atomic E-state index is 0.778. The van der Waals surface area contributed by atoms with Crippen molar-refractivity contribution < 1.29 is 9.47 Å². The third-order valence-corrected chi connectivity index (χ3v) is 2.58. The third-order valence-electron chi connectivity index (χ3n) is 2.58. The van der Waals surface area contributed by atoms with Crippen LogP contribution < -0.4 is 5.32 Å². The molecule has 100 valence electrons. The molecule has 0 amide bonds. The first kappa shape index (κ1) is 13.6. The zero-order chi connectivity index (χ0) is 13.2. The highest BCUT2D eigenvalue weighted by Crippen LogP contribution is 2.14. The zero-order valence-electron chi connectivity index (χ0n) is 10.9. The van der Waals surface area contributed by atoms with E-state index in [1.807, 2.05) is 60.7 Å². The lowest BCUT2D eigenvalue weighted by Gasteiger charge is -2.09. The Balaban J connectivity index is 0.000000186. The molecule has 3 rings (SSSR count). The number of ether oxygens (including phenoxy) is 2. The number of hydrogen-bond donors (Lipinski definition) is 1. The summed E-state index contributed by atoms with van der Waals surface area (Å²) in [6.45, 7) is 3.11. The topological polar surface area (TPSA) is 30.5 Å². The first-order chi connectivity index (χ1) is 9.45. The Kier molecular flexibility index (Phi) is 5.93. The van der Waals surface area contributed by atoms with Crippen molar-refractivity contribution in [2.24, 2.45) is 0 Å². The molecule has 0 saturated carbocycles. The predicted octanol–water partition coefficient (Wildman–Crippen LogP) is 3.46. The van der Waals surface area contributed by atoms with E-state index < -0.39 is 0 Å². The summed E-state index contributed by atoms with van der Waals surface area (Å²) in [6.07, 6.45) is 0. The van der Waals surface area contributed by atoms with Crippen LogP contribution in [0.15, 0.2) is 60.7 Å². The van der Waals surface area contributed by atoms with Gasteiger partial charge in [0, 0.05) is 11.4 Å². The first-order valence-corrected chi connectivity index (χ1v) is 6.48. The van der Waals surface area contributed by atoms with Crippen LogP contribution in [0.4, 0.5) is 11.4 Å². The molecule has 1 fully saturated rings. The number of nitrogens with one attached hydrogen (secondary N) is 1. The van der Waals surface area contributed by atoms with E-state index in [9.17, 15) is 0 Å². The van der Waals surface area contributed by atoms with Gasteiger partial charge >= 0.3 is 0 Å². The van der Waals surface area contributed by atoms with Crippen molar-refractivity contribution in [2.75, 3.05) is 31.7 Å². The van der Waals surface area contributed by atoms with Gasteiger partial charge in [0.2, 0.25) is 0 Å². The van der Waals surface area contributed by atoms with Gasteiger partial charge in [0.1, 0.15) is 0 Å². The number of benzene rings is 2. The molecule has 0 atom stereocenters. The molecule has 19 heavy (non-hydrogen) atoms. The molecule has 1 N–H and O–H groups in total. The monoisotopic (exact) mass is 257 g/mol. The highest BCUT2D eigenvalue weighted by Gasteiger charge is 1.94. The third kappa shape index (κ3) is 5.55. The molecule has 1 heterocycles. The quantitative estimate of drug-likeness (QED) is 0.893. The van der Waals surface area contributed by atoms with Crippen LogP contribution >= 0.6 is 0 Å².